The number of hydrogen-bond donors (Lipinski definition) is 2. The van der Waals surface area contributed by atoms with Crippen molar-refractivity contribution in [3.63, 3.8) is 0 Å². The van der Waals surface area contributed by atoms with Crippen molar-refractivity contribution in [2.45, 2.75) is 5.16 Å². The van der Waals surface area contributed by atoms with E-state index in [0.29, 0.717) is 11.1 Å². The highest BCUT2D eigenvalue weighted by Gasteiger charge is 2.14. The van der Waals surface area contributed by atoms with E-state index in [0.717, 1.165) is 0 Å². The molecule has 0 aliphatic rings. The van der Waals surface area contributed by atoms with Gasteiger partial charge in [-0.1, -0.05) is 0 Å². The molecule has 0 aliphatic heterocycles. The largest absolute Gasteiger partial charge is 0.273 e. The van der Waals surface area contributed by atoms with Gasteiger partial charge in [0, 0.05) is 5.56 Å². The van der Waals surface area contributed by atoms with Crippen molar-refractivity contribution in [1.82, 2.24) is 15.2 Å². The van der Waals surface area contributed by atoms with Crippen LogP contribution in [0.15, 0.2) is 29.4 Å². The number of hydrogen-bond acceptors (Lipinski definition) is 5. The topological polar surface area (TPSA) is 126 Å². The number of nitrogens with one attached hydrogen (secondary N) is 1. The SMILES string of the molecule is N#Cc1ccc(-c2n[nH]c(S(N)(=O)=O)n2)cc1. The number of H-pyrrole nitrogens is 1. The second-order valence-corrected chi connectivity index (χ2v) is 4.68. The number of nitriles is 1. The van der Waals surface area contributed by atoms with E-state index in [1.807, 2.05) is 6.07 Å². The molecule has 0 spiro atoms. The third kappa shape index (κ3) is 2.30. The van der Waals surface area contributed by atoms with Gasteiger partial charge in [-0.25, -0.2) is 18.7 Å². The summed E-state index contributed by atoms with van der Waals surface area (Å²) in [5, 5.41) is 19.1. The average Bonchev–Trinajstić information content (AvgIpc) is 2.78. The van der Waals surface area contributed by atoms with Gasteiger partial charge in [0.05, 0.1) is 11.6 Å². The average molecular weight is 249 g/mol. The normalized spacial score (nSPS) is 11.1. The first kappa shape index (κ1) is 11.3. The molecule has 1 heterocycles. The fourth-order valence-corrected chi connectivity index (χ4v) is 1.58. The zero-order valence-electron chi connectivity index (χ0n) is 8.45. The van der Waals surface area contributed by atoms with Crippen LogP contribution in [0.25, 0.3) is 11.4 Å². The van der Waals surface area contributed by atoms with Gasteiger partial charge in [-0.2, -0.15) is 15.3 Å². The molecule has 2 rings (SSSR count). The number of benzene rings is 1. The molecule has 0 radical (unpaired) electrons. The van der Waals surface area contributed by atoms with Gasteiger partial charge in [0.15, 0.2) is 5.82 Å². The second-order valence-electron chi connectivity index (χ2n) is 3.20. The minimum atomic E-state index is -3.88. The van der Waals surface area contributed by atoms with Crippen molar-refractivity contribution in [2.75, 3.05) is 0 Å². The van der Waals surface area contributed by atoms with Crippen LogP contribution in [0.5, 0.6) is 0 Å². The van der Waals surface area contributed by atoms with Gasteiger partial charge in [-0.3, -0.25) is 0 Å². The van der Waals surface area contributed by atoms with E-state index in [1.54, 1.807) is 24.3 Å². The molecule has 0 unspecified atom stereocenters. The molecule has 0 bridgehead atoms. The first-order valence-electron chi connectivity index (χ1n) is 4.46. The Hall–Kier alpha value is -2.24. The predicted octanol–water partition coefficient (Wildman–Crippen LogP) is -0.00922. The number of aromatic nitrogens is 3. The Kier molecular flexibility index (Phi) is 2.63. The lowest BCUT2D eigenvalue weighted by molar-refractivity contribution is 0.589. The Bertz CT molecular complexity index is 681. The van der Waals surface area contributed by atoms with Crippen LogP contribution in [0.3, 0.4) is 0 Å². The Morgan fingerprint density at radius 2 is 1.94 bits per heavy atom. The molecular weight excluding hydrogens is 242 g/mol. The third-order valence-corrected chi connectivity index (χ3v) is 2.73. The van der Waals surface area contributed by atoms with Crippen molar-refractivity contribution in [2.24, 2.45) is 5.14 Å². The van der Waals surface area contributed by atoms with Crippen LogP contribution >= 0.6 is 0 Å². The first-order valence-corrected chi connectivity index (χ1v) is 6.01. The zero-order chi connectivity index (χ0) is 12.5. The van der Waals surface area contributed by atoms with Gasteiger partial charge in [-0.15, -0.1) is 0 Å². The molecule has 0 fully saturated rings. The monoisotopic (exact) mass is 249 g/mol. The number of nitrogens with zero attached hydrogens (tertiary/aromatic N) is 3. The second kappa shape index (κ2) is 3.97. The molecule has 0 atom stereocenters. The molecule has 7 nitrogen and oxygen atoms in total. The number of sulfonamides is 1. The summed E-state index contributed by atoms with van der Waals surface area (Å²) in [6.45, 7) is 0. The molecule has 0 aliphatic carbocycles. The van der Waals surface area contributed by atoms with Crippen LogP contribution in [0.4, 0.5) is 0 Å². The summed E-state index contributed by atoms with van der Waals surface area (Å²) >= 11 is 0. The Morgan fingerprint density at radius 1 is 1.29 bits per heavy atom. The van der Waals surface area contributed by atoms with Crippen LogP contribution in [0.1, 0.15) is 5.56 Å². The van der Waals surface area contributed by atoms with Gasteiger partial charge in [0.2, 0.25) is 0 Å². The van der Waals surface area contributed by atoms with Crippen molar-refractivity contribution < 1.29 is 8.42 Å². The molecule has 17 heavy (non-hydrogen) atoms. The smallest absolute Gasteiger partial charge is 0.248 e. The predicted molar refractivity (Wildman–Crippen MR) is 57.9 cm³/mol. The van der Waals surface area contributed by atoms with Gasteiger partial charge >= 0.3 is 0 Å². The summed E-state index contributed by atoms with van der Waals surface area (Å²) < 4.78 is 22.0. The van der Waals surface area contributed by atoms with E-state index in [1.165, 1.54) is 0 Å². The van der Waals surface area contributed by atoms with E-state index in [9.17, 15) is 8.42 Å². The fraction of sp³-hybridized carbons (Fsp3) is 0. The molecule has 2 aromatic rings. The maximum Gasteiger partial charge on any atom is 0.273 e. The molecule has 0 saturated heterocycles. The first-order chi connectivity index (χ1) is 8.00. The summed E-state index contributed by atoms with van der Waals surface area (Å²) in [6, 6.07) is 8.38. The van der Waals surface area contributed by atoms with Crippen LogP contribution in [-0.2, 0) is 10.0 Å². The zero-order valence-corrected chi connectivity index (χ0v) is 9.27. The molecule has 1 aromatic carbocycles. The number of rotatable bonds is 2. The highest BCUT2D eigenvalue weighted by Crippen LogP contribution is 2.15. The lowest BCUT2D eigenvalue weighted by atomic mass is 10.1. The fourth-order valence-electron chi connectivity index (χ4n) is 1.20. The van der Waals surface area contributed by atoms with Gasteiger partial charge in [0.25, 0.3) is 15.2 Å². The molecule has 3 N–H and O–H groups in total. The number of primary sulfonamides is 1. The van der Waals surface area contributed by atoms with Crippen LogP contribution in [0, 0.1) is 11.3 Å². The highest BCUT2D eigenvalue weighted by atomic mass is 32.2. The van der Waals surface area contributed by atoms with Crippen molar-refractivity contribution >= 4 is 10.0 Å². The lowest BCUT2D eigenvalue weighted by Gasteiger charge is -1.93. The molecule has 1 aromatic heterocycles. The standard InChI is InChI=1S/C9H7N5O2S/c10-5-6-1-3-7(4-2-6)8-12-9(14-13-8)17(11,15)16/h1-4H,(H2,11,15,16)(H,12,13,14). The van der Waals surface area contributed by atoms with Gasteiger partial charge in [-0.05, 0) is 24.3 Å². The van der Waals surface area contributed by atoms with Gasteiger partial charge < -0.3 is 0 Å². The van der Waals surface area contributed by atoms with Crippen LogP contribution in [0.2, 0.25) is 0 Å². The lowest BCUT2D eigenvalue weighted by Crippen LogP contribution is -2.13. The quantitative estimate of drug-likeness (QED) is 0.774. The summed E-state index contributed by atoms with van der Waals surface area (Å²) in [6.07, 6.45) is 0. The summed E-state index contributed by atoms with van der Waals surface area (Å²) in [7, 11) is -3.88. The maximum atomic E-state index is 11.0. The van der Waals surface area contributed by atoms with Crippen LogP contribution in [-0.4, -0.2) is 23.6 Å². The molecule has 0 saturated carbocycles. The maximum absolute atomic E-state index is 11.0. The van der Waals surface area contributed by atoms with E-state index >= 15 is 0 Å². The highest BCUT2D eigenvalue weighted by molar-refractivity contribution is 7.89. The van der Waals surface area contributed by atoms with Gasteiger partial charge in [0.1, 0.15) is 0 Å². The minimum Gasteiger partial charge on any atom is -0.248 e. The number of nitrogens with two attached hydrogens (primary N) is 1. The van der Waals surface area contributed by atoms with Crippen molar-refractivity contribution in [3.8, 4) is 17.5 Å². The summed E-state index contributed by atoms with van der Waals surface area (Å²) in [5.74, 6) is 0.207. The van der Waals surface area contributed by atoms with Crippen molar-refractivity contribution in [1.29, 1.82) is 5.26 Å². The minimum absolute atomic E-state index is 0.207. The molecule has 0 amide bonds. The van der Waals surface area contributed by atoms with E-state index < -0.39 is 15.2 Å². The molecular formula is C9H7N5O2S. The van der Waals surface area contributed by atoms with E-state index in [2.05, 4.69) is 15.2 Å². The Balaban J connectivity index is 2.41. The van der Waals surface area contributed by atoms with E-state index in [-0.39, 0.29) is 5.82 Å². The van der Waals surface area contributed by atoms with E-state index in [4.69, 9.17) is 10.4 Å². The Labute approximate surface area is 97.0 Å². The summed E-state index contributed by atoms with van der Waals surface area (Å²) in [4.78, 5) is 3.74. The third-order valence-electron chi connectivity index (χ3n) is 2.01. The molecule has 8 heteroatoms. The number of aromatic amines is 1. The summed E-state index contributed by atoms with van der Waals surface area (Å²) in [5.41, 5.74) is 1.09. The van der Waals surface area contributed by atoms with Crippen molar-refractivity contribution in [3.05, 3.63) is 29.8 Å². The van der Waals surface area contributed by atoms with Crippen LogP contribution < -0.4 is 5.14 Å². The molecule has 86 valence electrons. The Morgan fingerprint density at radius 3 is 2.41 bits per heavy atom.